The summed E-state index contributed by atoms with van der Waals surface area (Å²) in [6.07, 6.45) is 8.91. The van der Waals surface area contributed by atoms with Crippen molar-refractivity contribution < 1.29 is 19.4 Å². The molecule has 0 amide bonds. The van der Waals surface area contributed by atoms with E-state index in [1.165, 1.54) is 37.7 Å². The van der Waals surface area contributed by atoms with E-state index in [1.54, 1.807) is 0 Å². The van der Waals surface area contributed by atoms with Gasteiger partial charge in [0.1, 0.15) is 11.5 Å². The fourth-order valence-corrected chi connectivity index (χ4v) is 4.87. The maximum absolute atomic E-state index is 10.8. The standard InChI is InChI=1S/C22H31NO4/c24-21(25)8-11-23-12-9-22(10-13-23)16-27-20-7-6-18(14-19(20)22)26-15-17-4-2-1-3-5-17/h6-7,14,17H,1-5,8-13,15-16H2,(H,24,25). The van der Waals surface area contributed by atoms with Gasteiger partial charge in [0.05, 0.1) is 19.6 Å². The van der Waals surface area contributed by atoms with Gasteiger partial charge in [0.2, 0.25) is 0 Å². The van der Waals surface area contributed by atoms with Gasteiger partial charge >= 0.3 is 5.97 Å². The molecule has 0 radical (unpaired) electrons. The fraction of sp³-hybridized carbons (Fsp3) is 0.682. The molecule has 2 aliphatic heterocycles. The van der Waals surface area contributed by atoms with E-state index >= 15 is 0 Å². The van der Waals surface area contributed by atoms with Gasteiger partial charge in [-0.1, -0.05) is 19.3 Å². The van der Waals surface area contributed by atoms with E-state index in [1.807, 2.05) is 6.07 Å². The minimum Gasteiger partial charge on any atom is -0.493 e. The highest BCUT2D eigenvalue weighted by Crippen LogP contribution is 2.46. The van der Waals surface area contributed by atoms with Crippen LogP contribution in [0.4, 0.5) is 0 Å². The summed E-state index contributed by atoms with van der Waals surface area (Å²) in [5.74, 6) is 1.95. The SMILES string of the molecule is O=C(O)CCN1CCC2(CC1)COc1ccc(OCC3CCCCC3)cc12. The van der Waals surface area contributed by atoms with Crippen molar-refractivity contribution in [2.45, 2.75) is 56.8 Å². The van der Waals surface area contributed by atoms with Crippen LogP contribution >= 0.6 is 0 Å². The van der Waals surface area contributed by atoms with Crippen molar-refractivity contribution in [3.8, 4) is 11.5 Å². The Morgan fingerprint density at radius 3 is 2.74 bits per heavy atom. The Bertz CT molecular complexity index is 660. The lowest BCUT2D eigenvalue weighted by Gasteiger charge is -2.38. The van der Waals surface area contributed by atoms with Crippen molar-refractivity contribution in [2.75, 3.05) is 32.8 Å². The van der Waals surface area contributed by atoms with Crippen molar-refractivity contribution in [3.05, 3.63) is 23.8 Å². The molecule has 0 atom stereocenters. The van der Waals surface area contributed by atoms with E-state index in [4.69, 9.17) is 14.6 Å². The number of benzene rings is 1. The van der Waals surface area contributed by atoms with Crippen molar-refractivity contribution in [2.24, 2.45) is 5.92 Å². The number of carboxylic acid groups (broad SMARTS) is 1. The van der Waals surface area contributed by atoms with Crippen molar-refractivity contribution in [1.82, 2.24) is 4.90 Å². The van der Waals surface area contributed by atoms with Crippen LogP contribution in [0.25, 0.3) is 0 Å². The minimum absolute atomic E-state index is 0.0687. The van der Waals surface area contributed by atoms with Crippen molar-refractivity contribution >= 4 is 5.97 Å². The number of piperidine rings is 1. The van der Waals surface area contributed by atoms with Gasteiger partial charge < -0.3 is 19.5 Å². The lowest BCUT2D eigenvalue weighted by atomic mass is 9.74. The predicted molar refractivity (Wildman–Crippen MR) is 104 cm³/mol. The summed E-state index contributed by atoms with van der Waals surface area (Å²) in [5, 5.41) is 8.89. The molecule has 5 nitrogen and oxygen atoms in total. The van der Waals surface area contributed by atoms with Crippen LogP contribution in [0.2, 0.25) is 0 Å². The van der Waals surface area contributed by atoms with Crippen LogP contribution in [0.15, 0.2) is 18.2 Å². The number of hydrogen-bond acceptors (Lipinski definition) is 4. The van der Waals surface area contributed by atoms with Crippen LogP contribution in [0.1, 0.15) is 56.9 Å². The molecule has 2 heterocycles. The third kappa shape index (κ3) is 4.23. The third-order valence-electron chi connectivity index (χ3n) is 6.69. The van der Waals surface area contributed by atoms with Gasteiger partial charge in [-0.2, -0.15) is 0 Å². The lowest BCUT2D eigenvalue weighted by molar-refractivity contribution is -0.137. The van der Waals surface area contributed by atoms with Gasteiger partial charge in [-0.05, 0) is 62.9 Å². The number of hydrogen-bond donors (Lipinski definition) is 1. The largest absolute Gasteiger partial charge is 0.493 e. The van der Waals surface area contributed by atoms with E-state index in [2.05, 4.69) is 17.0 Å². The van der Waals surface area contributed by atoms with Crippen molar-refractivity contribution in [3.63, 3.8) is 0 Å². The molecule has 0 aromatic heterocycles. The molecule has 1 saturated carbocycles. The predicted octanol–water partition coefficient (Wildman–Crippen LogP) is 3.85. The molecule has 2 fully saturated rings. The first kappa shape index (κ1) is 18.6. The van der Waals surface area contributed by atoms with Gasteiger partial charge in [-0.25, -0.2) is 0 Å². The minimum atomic E-state index is -0.718. The third-order valence-corrected chi connectivity index (χ3v) is 6.69. The molecule has 5 heteroatoms. The summed E-state index contributed by atoms with van der Waals surface area (Å²) >= 11 is 0. The Labute approximate surface area is 161 Å². The normalized spacial score (nSPS) is 22.4. The quantitative estimate of drug-likeness (QED) is 0.821. The van der Waals surface area contributed by atoms with Crippen LogP contribution < -0.4 is 9.47 Å². The summed E-state index contributed by atoms with van der Waals surface area (Å²) in [6, 6.07) is 6.32. The molecule has 3 aliphatic rings. The van der Waals surface area contributed by atoms with E-state index in [0.717, 1.165) is 50.6 Å². The van der Waals surface area contributed by atoms with E-state index in [0.29, 0.717) is 12.5 Å². The molecular formula is C22H31NO4. The maximum atomic E-state index is 10.8. The van der Waals surface area contributed by atoms with Crippen LogP contribution in [-0.4, -0.2) is 48.8 Å². The molecule has 1 saturated heterocycles. The number of likely N-dealkylation sites (tertiary alicyclic amines) is 1. The highest BCUT2D eigenvalue weighted by Gasteiger charge is 2.43. The van der Waals surface area contributed by atoms with Gasteiger partial charge in [0.15, 0.2) is 0 Å². The number of carboxylic acids is 1. The van der Waals surface area contributed by atoms with Gasteiger partial charge in [-0.3, -0.25) is 4.79 Å². The summed E-state index contributed by atoms with van der Waals surface area (Å²) in [6.45, 7) is 4.08. The van der Waals surface area contributed by atoms with Gasteiger partial charge in [-0.15, -0.1) is 0 Å². The Kier molecular flexibility index (Phi) is 5.58. The van der Waals surface area contributed by atoms with Crippen LogP contribution in [-0.2, 0) is 10.2 Å². The second-order valence-corrected chi connectivity index (χ2v) is 8.53. The number of carbonyl (C=O) groups is 1. The smallest absolute Gasteiger partial charge is 0.304 e. The monoisotopic (exact) mass is 373 g/mol. The molecule has 1 aromatic carbocycles. The highest BCUT2D eigenvalue weighted by atomic mass is 16.5. The van der Waals surface area contributed by atoms with E-state index in [9.17, 15) is 4.79 Å². The lowest BCUT2D eigenvalue weighted by Crippen LogP contribution is -2.44. The zero-order valence-corrected chi connectivity index (χ0v) is 16.1. The number of fused-ring (bicyclic) bond motifs is 2. The molecule has 0 bridgehead atoms. The average Bonchev–Trinajstić information content (AvgIpc) is 3.04. The number of nitrogens with zero attached hydrogens (tertiary/aromatic N) is 1. The second kappa shape index (κ2) is 8.09. The maximum Gasteiger partial charge on any atom is 0.304 e. The highest BCUT2D eigenvalue weighted by molar-refractivity contribution is 5.66. The average molecular weight is 373 g/mol. The number of rotatable bonds is 6. The molecule has 1 aliphatic carbocycles. The topological polar surface area (TPSA) is 59.0 Å². The first-order valence-corrected chi connectivity index (χ1v) is 10.5. The second-order valence-electron chi connectivity index (χ2n) is 8.53. The van der Waals surface area contributed by atoms with Gasteiger partial charge in [0, 0.05) is 17.5 Å². The Hall–Kier alpha value is -1.75. The molecular weight excluding hydrogens is 342 g/mol. The zero-order valence-electron chi connectivity index (χ0n) is 16.1. The summed E-state index contributed by atoms with van der Waals surface area (Å²) < 4.78 is 12.2. The van der Waals surface area contributed by atoms with Crippen LogP contribution in [0, 0.1) is 5.92 Å². The van der Waals surface area contributed by atoms with E-state index < -0.39 is 5.97 Å². The van der Waals surface area contributed by atoms with E-state index in [-0.39, 0.29) is 11.8 Å². The summed E-state index contributed by atoms with van der Waals surface area (Å²) in [4.78, 5) is 13.1. The molecule has 27 heavy (non-hydrogen) atoms. The van der Waals surface area contributed by atoms with Gasteiger partial charge in [0.25, 0.3) is 0 Å². The molecule has 148 valence electrons. The molecule has 0 unspecified atom stereocenters. The Balaban J connectivity index is 1.38. The van der Waals surface area contributed by atoms with Crippen molar-refractivity contribution in [1.29, 1.82) is 0 Å². The van der Waals surface area contributed by atoms with Crippen LogP contribution in [0.5, 0.6) is 11.5 Å². The Morgan fingerprint density at radius 1 is 1.22 bits per heavy atom. The zero-order chi connectivity index (χ0) is 18.7. The van der Waals surface area contributed by atoms with Crippen LogP contribution in [0.3, 0.4) is 0 Å². The number of ether oxygens (including phenoxy) is 2. The fourth-order valence-electron chi connectivity index (χ4n) is 4.87. The Morgan fingerprint density at radius 2 is 2.00 bits per heavy atom. The first-order valence-electron chi connectivity index (χ1n) is 10.5. The molecule has 4 rings (SSSR count). The number of aliphatic carboxylic acids is 1. The molecule has 1 aromatic rings. The molecule has 1 N–H and O–H groups in total. The molecule has 1 spiro atoms. The first-order chi connectivity index (χ1) is 13.1. The summed E-state index contributed by atoms with van der Waals surface area (Å²) in [7, 11) is 0. The summed E-state index contributed by atoms with van der Waals surface area (Å²) in [5.41, 5.74) is 1.36.